The highest BCUT2D eigenvalue weighted by Crippen LogP contribution is 2.48. The highest BCUT2D eigenvalue weighted by atomic mass is 16.3. The minimum Gasteiger partial charge on any atom is -0.391 e. The molecule has 4 N–H and O–H groups in total. The van der Waals surface area contributed by atoms with Crippen LogP contribution in [0, 0.1) is 0 Å². The Morgan fingerprint density at radius 2 is 2.04 bits per heavy atom. The number of rotatable bonds is 5. The zero-order chi connectivity index (χ0) is 17.6. The lowest BCUT2D eigenvalue weighted by Crippen LogP contribution is -2.51. The Hall–Kier alpha value is -1.93. The summed E-state index contributed by atoms with van der Waals surface area (Å²) in [5.41, 5.74) is 3.99. The standard InChI is InChI=1S/C16H24N4O4/c1-3-19-13(17)12(14(23)18-15(19)24)11(22)8-20-10-4-6-16(20,7-5-10)9(2)21/h9-10,21H,3-8,17H2,1-2H3,(H,18,23,24). The lowest BCUT2D eigenvalue weighted by atomic mass is 9.83. The zero-order valence-corrected chi connectivity index (χ0v) is 14.0. The number of hydrogen-bond donors (Lipinski definition) is 3. The van der Waals surface area contributed by atoms with Crippen molar-refractivity contribution in [3.05, 3.63) is 26.4 Å². The highest BCUT2D eigenvalue weighted by molar-refractivity contribution is 6.01. The molecule has 1 atom stereocenters. The maximum atomic E-state index is 12.8. The Bertz CT molecular complexity index is 771. The van der Waals surface area contributed by atoms with Gasteiger partial charge in [0.2, 0.25) is 0 Å². The van der Waals surface area contributed by atoms with E-state index >= 15 is 0 Å². The molecule has 0 spiro atoms. The number of fused-ring (bicyclic) bond motifs is 2. The van der Waals surface area contributed by atoms with E-state index in [4.69, 9.17) is 5.73 Å². The van der Waals surface area contributed by atoms with Gasteiger partial charge in [0.25, 0.3) is 5.56 Å². The van der Waals surface area contributed by atoms with Gasteiger partial charge in [-0.2, -0.15) is 0 Å². The maximum Gasteiger partial charge on any atom is 0.329 e. The molecule has 1 unspecified atom stereocenters. The molecule has 1 aromatic heterocycles. The van der Waals surface area contributed by atoms with Crippen molar-refractivity contribution >= 4 is 11.6 Å². The van der Waals surface area contributed by atoms with Gasteiger partial charge in [-0.1, -0.05) is 0 Å². The number of nitrogens with zero attached hydrogens (tertiary/aromatic N) is 2. The first-order chi connectivity index (χ1) is 11.3. The van der Waals surface area contributed by atoms with Gasteiger partial charge in [-0.3, -0.25) is 24.0 Å². The number of nitrogens with one attached hydrogen (secondary N) is 1. The number of aliphatic hydroxyl groups excluding tert-OH is 1. The van der Waals surface area contributed by atoms with E-state index in [-0.39, 0.29) is 36.1 Å². The van der Waals surface area contributed by atoms with Crippen molar-refractivity contribution in [3.63, 3.8) is 0 Å². The first kappa shape index (κ1) is 16.9. The quantitative estimate of drug-likeness (QED) is 0.635. The molecule has 2 aliphatic rings. The van der Waals surface area contributed by atoms with Crippen LogP contribution in [0.3, 0.4) is 0 Å². The summed E-state index contributed by atoms with van der Waals surface area (Å²) in [7, 11) is 0. The molecule has 0 aliphatic carbocycles. The summed E-state index contributed by atoms with van der Waals surface area (Å²) in [4.78, 5) is 40.8. The normalized spacial score (nSPS) is 27.5. The molecule has 8 nitrogen and oxygen atoms in total. The molecule has 8 heteroatoms. The fourth-order valence-corrected chi connectivity index (χ4v) is 4.41. The SMILES string of the molecule is CCn1c(N)c(C(=O)CN2C3CCC2(C(C)O)CC3)c(=O)[nH]c1=O. The molecule has 2 aliphatic heterocycles. The van der Waals surface area contributed by atoms with Gasteiger partial charge in [0.1, 0.15) is 11.4 Å². The summed E-state index contributed by atoms with van der Waals surface area (Å²) in [6.07, 6.45) is 3.04. The van der Waals surface area contributed by atoms with Crippen LogP contribution in [0.25, 0.3) is 0 Å². The number of aromatic amines is 1. The number of nitrogen functional groups attached to an aromatic ring is 1. The molecule has 0 radical (unpaired) electrons. The average molecular weight is 336 g/mol. The van der Waals surface area contributed by atoms with Crippen molar-refractivity contribution in [1.29, 1.82) is 0 Å². The van der Waals surface area contributed by atoms with Crippen molar-refractivity contribution in [2.75, 3.05) is 12.3 Å². The third kappa shape index (κ3) is 2.32. The summed E-state index contributed by atoms with van der Waals surface area (Å²) in [6, 6.07) is 0.251. The summed E-state index contributed by atoms with van der Waals surface area (Å²) < 4.78 is 1.18. The topological polar surface area (TPSA) is 121 Å². The molecule has 24 heavy (non-hydrogen) atoms. The number of hydrogen-bond acceptors (Lipinski definition) is 6. The van der Waals surface area contributed by atoms with Crippen molar-refractivity contribution in [1.82, 2.24) is 14.5 Å². The molecule has 2 saturated heterocycles. The van der Waals surface area contributed by atoms with Crippen LogP contribution < -0.4 is 17.0 Å². The van der Waals surface area contributed by atoms with Gasteiger partial charge in [0, 0.05) is 18.1 Å². The van der Waals surface area contributed by atoms with Crippen LogP contribution in [0.1, 0.15) is 49.9 Å². The van der Waals surface area contributed by atoms with Gasteiger partial charge < -0.3 is 10.8 Å². The number of anilines is 1. The Balaban J connectivity index is 1.95. The van der Waals surface area contributed by atoms with Crippen molar-refractivity contribution in [2.45, 2.75) is 63.8 Å². The fourth-order valence-electron chi connectivity index (χ4n) is 4.41. The molecular weight excluding hydrogens is 312 g/mol. The third-order valence-corrected chi connectivity index (χ3v) is 5.76. The largest absolute Gasteiger partial charge is 0.391 e. The van der Waals surface area contributed by atoms with E-state index in [1.807, 2.05) is 4.90 Å². The summed E-state index contributed by atoms with van der Waals surface area (Å²) in [6.45, 7) is 3.77. The molecule has 0 aromatic carbocycles. The number of carbonyl (C=O) groups excluding carboxylic acids is 1. The van der Waals surface area contributed by atoms with Gasteiger partial charge in [0.05, 0.1) is 12.6 Å². The van der Waals surface area contributed by atoms with Gasteiger partial charge in [-0.05, 0) is 39.5 Å². The minimum absolute atomic E-state index is 0.0325. The van der Waals surface area contributed by atoms with Crippen LogP contribution in [0.4, 0.5) is 5.82 Å². The number of H-pyrrole nitrogens is 1. The maximum absolute atomic E-state index is 12.8. The van der Waals surface area contributed by atoms with Crippen LogP contribution in [-0.2, 0) is 6.54 Å². The lowest BCUT2D eigenvalue weighted by molar-refractivity contribution is 0.0162. The van der Waals surface area contributed by atoms with Gasteiger partial charge in [-0.25, -0.2) is 4.79 Å². The Kier molecular flexibility index (Phi) is 4.13. The van der Waals surface area contributed by atoms with Gasteiger partial charge in [-0.15, -0.1) is 0 Å². The monoisotopic (exact) mass is 336 g/mol. The molecule has 132 valence electrons. The van der Waals surface area contributed by atoms with E-state index in [2.05, 4.69) is 4.98 Å². The van der Waals surface area contributed by atoms with Crippen molar-refractivity contribution in [2.24, 2.45) is 0 Å². The molecule has 2 fully saturated rings. The van der Waals surface area contributed by atoms with E-state index in [1.165, 1.54) is 4.57 Å². The van der Waals surface area contributed by atoms with E-state index < -0.39 is 23.1 Å². The smallest absolute Gasteiger partial charge is 0.329 e. The second-order valence-corrected chi connectivity index (χ2v) is 6.83. The lowest BCUT2D eigenvalue weighted by Gasteiger charge is -2.37. The highest BCUT2D eigenvalue weighted by Gasteiger charge is 2.54. The van der Waals surface area contributed by atoms with Crippen molar-refractivity contribution < 1.29 is 9.90 Å². The summed E-state index contributed by atoms with van der Waals surface area (Å²) >= 11 is 0. The Morgan fingerprint density at radius 3 is 2.58 bits per heavy atom. The third-order valence-electron chi connectivity index (χ3n) is 5.76. The van der Waals surface area contributed by atoms with Crippen LogP contribution in [0.2, 0.25) is 0 Å². The number of Topliss-reactive ketones (excluding diaryl/α,β-unsaturated/α-hetero) is 1. The van der Waals surface area contributed by atoms with Crippen LogP contribution in [-0.4, -0.2) is 49.6 Å². The average Bonchev–Trinajstić information content (AvgIpc) is 3.03. The number of aliphatic hydroxyl groups is 1. The predicted octanol–water partition coefficient (Wildman–Crippen LogP) is -0.301. The second kappa shape index (κ2) is 5.86. The van der Waals surface area contributed by atoms with Crippen molar-refractivity contribution in [3.8, 4) is 0 Å². The summed E-state index contributed by atoms with van der Waals surface area (Å²) in [5.74, 6) is -0.497. The number of carbonyl (C=O) groups is 1. The molecule has 0 amide bonds. The fraction of sp³-hybridized carbons (Fsp3) is 0.688. The van der Waals surface area contributed by atoms with Gasteiger partial charge in [0.15, 0.2) is 5.78 Å². The molecule has 3 rings (SSSR count). The Morgan fingerprint density at radius 1 is 1.42 bits per heavy atom. The first-order valence-corrected chi connectivity index (χ1v) is 8.42. The van der Waals surface area contributed by atoms with Gasteiger partial charge >= 0.3 is 5.69 Å². The van der Waals surface area contributed by atoms with Crippen LogP contribution in [0.15, 0.2) is 9.59 Å². The van der Waals surface area contributed by atoms with Crippen LogP contribution >= 0.6 is 0 Å². The molecular formula is C16H24N4O4. The van der Waals surface area contributed by atoms with E-state index in [9.17, 15) is 19.5 Å². The summed E-state index contributed by atoms with van der Waals surface area (Å²) in [5, 5.41) is 10.2. The number of aromatic nitrogens is 2. The molecule has 1 aromatic rings. The minimum atomic E-state index is -0.746. The second-order valence-electron chi connectivity index (χ2n) is 6.83. The van der Waals surface area contributed by atoms with E-state index in [0.717, 1.165) is 25.7 Å². The first-order valence-electron chi connectivity index (χ1n) is 8.42. The van der Waals surface area contributed by atoms with Crippen LogP contribution in [0.5, 0.6) is 0 Å². The number of ketones is 1. The predicted molar refractivity (Wildman–Crippen MR) is 89.1 cm³/mol. The molecule has 0 saturated carbocycles. The molecule has 2 bridgehead atoms. The number of nitrogens with two attached hydrogens (primary N) is 1. The van der Waals surface area contributed by atoms with E-state index in [1.54, 1.807) is 13.8 Å². The molecule has 3 heterocycles. The Labute approximate surface area is 139 Å². The van der Waals surface area contributed by atoms with E-state index in [0.29, 0.717) is 0 Å². The zero-order valence-electron chi connectivity index (χ0n) is 14.0.